The van der Waals surface area contributed by atoms with Gasteiger partial charge in [0, 0.05) is 16.7 Å². The summed E-state index contributed by atoms with van der Waals surface area (Å²) in [7, 11) is 3.08. The van der Waals surface area contributed by atoms with E-state index >= 15 is 0 Å². The summed E-state index contributed by atoms with van der Waals surface area (Å²) in [5.41, 5.74) is 5.70. The fraction of sp³-hybridized carbons (Fsp3) is 0.111. The van der Waals surface area contributed by atoms with Crippen LogP contribution in [-0.4, -0.2) is 26.0 Å². The molecule has 130 valence electrons. The number of halogens is 1. The second kappa shape index (κ2) is 8.75. The molecule has 0 atom stereocenters. The van der Waals surface area contributed by atoms with Crippen LogP contribution in [0, 0.1) is 0 Å². The minimum Gasteiger partial charge on any atom is -0.493 e. The Morgan fingerprint density at radius 3 is 2.44 bits per heavy atom. The van der Waals surface area contributed by atoms with Crippen molar-refractivity contribution in [1.82, 2.24) is 10.9 Å². The average molecular weight is 361 g/mol. The van der Waals surface area contributed by atoms with Gasteiger partial charge in [0.05, 0.1) is 14.2 Å². The lowest BCUT2D eigenvalue weighted by Gasteiger charge is -2.08. The molecular weight excluding hydrogens is 344 g/mol. The van der Waals surface area contributed by atoms with Crippen LogP contribution in [0.15, 0.2) is 48.5 Å². The first-order chi connectivity index (χ1) is 12.0. The van der Waals surface area contributed by atoms with E-state index in [0.717, 1.165) is 5.56 Å². The van der Waals surface area contributed by atoms with Gasteiger partial charge >= 0.3 is 0 Å². The van der Waals surface area contributed by atoms with Crippen molar-refractivity contribution in [2.45, 2.75) is 0 Å². The topological polar surface area (TPSA) is 76.7 Å². The molecule has 0 aliphatic carbocycles. The molecule has 0 aromatic heterocycles. The maximum atomic E-state index is 11.9. The van der Waals surface area contributed by atoms with E-state index in [0.29, 0.717) is 22.1 Å². The van der Waals surface area contributed by atoms with Gasteiger partial charge in [-0.05, 0) is 42.0 Å². The summed E-state index contributed by atoms with van der Waals surface area (Å²) in [4.78, 5) is 23.7. The summed E-state index contributed by atoms with van der Waals surface area (Å²) in [6.45, 7) is 0. The maximum Gasteiger partial charge on any atom is 0.269 e. The fourth-order valence-corrected chi connectivity index (χ4v) is 2.18. The molecule has 0 saturated heterocycles. The summed E-state index contributed by atoms with van der Waals surface area (Å²) >= 11 is 5.82. The zero-order valence-electron chi connectivity index (χ0n) is 13.7. The number of hydrogen-bond donors (Lipinski definition) is 2. The molecule has 2 amide bonds. The summed E-state index contributed by atoms with van der Waals surface area (Å²) < 4.78 is 10.3. The van der Waals surface area contributed by atoms with Crippen molar-refractivity contribution < 1.29 is 19.1 Å². The van der Waals surface area contributed by atoms with E-state index in [9.17, 15) is 9.59 Å². The van der Waals surface area contributed by atoms with Crippen molar-refractivity contribution in [3.05, 3.63) is 64.7 Å². The van der Waals surface area contributed by atoms with Crippen LogP contribution in [-0.2, 0) is 4.79 Å². The Bertz CT molecular complexity index is 805. The maximum absolute atomic E-state index is 11.9. The number of carbonyl (C=O) groups excluding carboxylic acids is 2. The van der Waals surface area contributed by atoms with Gasteiger partial charge in [-0.15, -0.1) is 0 Å². The highest BCUT2D eigenvalue weighted by Gasteiger charge is 2.07. The van der Waals surface area contributed by atoms with Crippen LogP contribution in [0.25, 0.3) is 6.08 Å². The Kier molecular flexibility index (Phi) is 6.42. The van der Waals surface area contributed by atoms with Crippen molar-refractivity contribution in [1.29, 1.82) is 0 Å². The van der Waals surface area contributed by atoms with E-state index in [1.54, 1.807) is 49.6 Å². The molecule has 0 heterocycles. The number of rotatable bonds is 5. The number of methoxy groups -OCH3 is 2. The number of amides is 2. The number of ether oxygens (including phenoxy) is 2. The van der Waals surface area contributed by atoms with Crippen LogP contribution < -0.4 is 20.3 Å². The molecule has 6 nitrogen and oxygen atoms in total. The molecule has 2 rings (SSSR count). The Labute approximate surface area is 150 Å². The highest BCUT2D eigenvalue weighted by Crippen LogP contribution is 2.27. The number of nitrogens with one attached hydrogen (secondary N) is 2. The van der Waals surface area contributed by atoms with Crippen LogP contribution in [0.1, 0.15) is 15.9 Å². The fourth-order valence-electron chi connectivity index (χ4n) is 1.99. The van der Waals surface area contributed by atoms with Gasteiger partial charge < -0.3 is 9.47 Å². The number of carbonyl (C=O) groups is 2. The van der Waals surface area contributed by atoms with Gasteiger partial charge in [0.2, 0.25) is 0 Å². The molecule has 25 heavy (non-hydrogen) atoms. The highest BCUT2D eigenvalue weighted by molar-refractivity contribution is 6.30. The molecule has 0 spiro atoms. The smallest absolute Gasteiger partial charge is 0.269 e. The minimum atomic E-state index is -0.481. The summed E-state index contributed by atoms with van der Waals surface area (Å²) in [5, 5.41) is 0.437. The molecule has 2 aromatic rings. The van der Waals surface area contributed by atoms with Crippen molar-refractivity contribution in [2.75, 3.05) is 14.2 Å². The van der Waals surface area contributed by atoms with Gasteiger partial charge in [-0.1, -0.05) is 23.7 Å². The quantitative estimate of drug-likeness (QED) is 0.635. The number of hydrazine groups is 1. The van der Waals surface area contributed by atoms with Crippen molar-refractivity contribution in [2.24, 2.45) is 0 Å². The summed E-state index contributed by atoms with van der Waals surface area (Å²) in [6, 6.07) is 11.6. The molecule has 0 aliphatic heterocycles. The van der Waals surface area contributed by atoms with E-state index < -0.39 is 11.8 Å². The van der Waals surface area contributed by atoms with E-state index in [1.807, 2.05) is 0 Å². The minimum absolute atomic E-state index is 0.344. The molecule has 2 N–H and O–H groups in total. The molecule has 0 radical (unpaired) electrons. The predicted octanol–water partition coefficient (Wildman–Crippen LogP) is 2.83. The van der Waals surface area contributed by atoms with E-state index in [4.69, 9.17) is 21.1 Å². The lowest BCUT2D eigenvalue weighted by molar-refractivity contribution is -0.117. The van der Waals surface area contributed by atoms with Crippen molar-refractivity contribution in [3.8, 4) is 11.5 Å². The van der Waals surface area contributed by atoms with Gasteiger partial charge in [-0.3, -0.25) is 20.4 Å². The Hall–Kier alpha value is -2.99. The second-order valence-corrected chi connectivity index (χ2v) is 5.34. The molecule has 2 aromatic carbocycles. The Balaban J connectivity index is 1.93. The average Bonchev–Trinajstić information content (AvgIpc) is 2.64. The first kappa shape index (κ1) is 18.4. The molecule has 0 saturated carbocycles. The molecule has 0 aliphatic rings. The second-order valence-electron chi connectivity index (χ2n) is 4.90. The van der Waals surface area contributed by atoms with Gasteiger partial charge in [0.25, 0.3) is 11.8 Å². The molecule has 0 bridgehead atoms. The predicted molar refractivity (Wildman–Crippen MR) is 95.6 cm³/mol. The van der Waals surface area contributed by atoms with Crippen molar-refractivity contribution in [3.63, 3.8) is 0 Å². The van der Waals surface area contributed by atoms with Gasteiger partial charge in [0.15, 0.2) is 11.5 Å². The van der Waals surface area contributed by atoms with Crippen molar-refractivity contribution >= 4 is 29.5 Å². The number of hydrogen-bond acceptors (Lipinski definition) is 4. The monoisotopic (exact) mass is 360 g/mol. The third-order valence-electron chi connectivity index (χ3n) is 3.22. The van der Waals surface area contributed by atoms with Gasteiger partial charge in [-0.2, -0.15) is 0 Å². The third kappa shape index (κ3) is 5.26. The van der Waals surface area contributed by atoms with Crippen LogP contribution in [0.2, 0.25) is 5.02 Å². The zero-order chi connectivity index (χ0) is 18.2. The first-order valence-electron chi connectivity index (χ1n) is 7.29. The molecule has 0 unspecified atom stereocenters. The summed E-state index contributed by atoms with van der Waals surface area (Å²) in [5.74, 6) is 0.206. The van der Waals surface area contributed by atoms with E-state index in [1.165, 1.54) is 19.3 Å². The largest absolute Gasteiger partial charge is 0.493 e. The number of benzene rings is 2. The van der Waals surface area contributed by atoms with Crippen LogP contribution in [0.4, 0.5) is 0 Å². The van der Waals surface area contributed by atoms with Crippen LogP contribution in [0.3, 0.4) is 0 Å². The lowest BCUT2D eigenvalue weighted by atomic mass is 10.2. The standard InChI is InChI=1S/C18H17ClN2O4/c1-24-15-8-6-12(10-16(15)25-2)7-9-17(22)20-21-18(23)13-4-3-5-14(19)11-13/h3-11H,1-2H3,(H,20,22)(H,21,23)/b9-7+. The third-order valence-corrected chi connectivity index (χ3v) is 3.46. The lowest BCUT2D eigenvalue weighted by Crippen LogP contribution is -2.40. The SMILES string of the molecule is COc1ccc(/C=C/C(=O)NNC(=O)c2cccc(Cl)c2)cc1OC. The Morgan fingerprint density at radius 2 is 1.76 bits per heavy atom. The normalized spacial score (nSPS) is 10.4. The van der Waals surface area contributed by atoms with Crippen LogP contribution >= 0.6 is 11.6 Å². The zero-order valence-corrected chi connectivity index (χ0v) is 14.5. The van der Waals surface area contributed by atoms with Crippen LogP contribution in [0.5, 0.6) is 11.5 Å². The molecule has 0 fully saturated rings. The summed E-state index contributed by atoms with van der Waals surface area (Å²) in [6.07, 6.45) is 2.88. The molecular formula is C18H17ClN2O4. The Morgan fingerprint density at radius 1 is 1.00 bits per heavy atom. The van der Waals surface area contributed by atoms with E-state index in [2.05, 4.69) is 10.9 Å². The molecule has 7 heteroatoms. The highest BCUT2D eigenvalue weighted by atomic mass is 35.5. The van der Waals surface area contributed by atoms with Gasteiger partial charge in [0.1, 0.15) is 0 Å². The first-order valence-corrected chi connectivity index (χ1v) is 7.67. The van der Waals surface area contributed by atoms with E-state index in [-0.39, 0.29) is 0 Å². The van der Waals surface area contributed by atoms with Gasteiger partial charge in [-0.25, -0.2) is 0 Å².